The van der Waals surface area contributed by atoms with Gasteiger partial charge in [0.1, 0.15) is 10.8 Å². The Morgan fingerprint density at radius 1 is 1.08 bits per heavy atom. The van der Waals surface area contributed by atoms with Crippen LogP contribution in [-0.2, 0) is 28.9 Å². The summed E-state index contributed by atoms with van der Waals surface area (Å²) in [4.78, 5) is 27.0. The Morgan fingerprint density at radius 2 is 1.82 bits per heavy atom. The van der Waals surface area contributed by atoms with Gasteiger partial charge in [-0.2, -0.15) is 0 Å². The number of thiophene rings is 1. The average Bonchev–Trinajstić information content (AvgIpc) is 3.40. The molecular weight excluding hydrogens is 532 g/mol. The van der Waals surface area contributed by atoms with Crippen LogP contribution in [0, 0.1) is 0 Å². The third-order valence-corrected chi connectivity index (χ3v) is 8.95. The number of ether oxygens (including phenoxy) is 2. The summed E-state index contributed by atoms with van der Waals surface area (Å²) in [7, 11) is 0. The summed E-state index contributed by atoms with van der Waals surface area (Å²) in [6.07, 6.45) is 4.76. The fourth-order valence-electron chi connectivity index (χ4n) is 4.74. The van der Waals surface area contributed by atoms with Crippen molar-refractivity contribution in [1.29, 1.82) is 0 Å². The lowest BCUT2D eigenvalue weighted by Gasteiger charge is -2.16. The lowest BCUT2D eigenvalue weighted by Crippen LogP contribution is -2.17. The number of hydrogen-bond donors (Lipinski definition) is 1. The molecule has 1 amide bonds. The number of hydrogen-bond acceptors (Lipinski definition) is 8. The smallest absolute Gasteiger partial charge is 0.341 e. The minimum atomic E-state index is -0.358. The molecule has 10 heteroatoms. The molecule has 2 aromatic heterocycles. The molecule has 0 bridgehead atoms. The molecule has 0 fully saturated rings. The van der Waals surface area contributed by atoms with Gasteiger partial charge in [-0.15, -0.1) is 21.5 Å². The number of anilines is 1. The number of aryl methyl sites for hydroxylation is 1. The lowest BCUT2D eigenvalue weighted by atomic mass is 10.0. The number of fused-ring (bicyclic) bond motifs is 1. The summed E-state index contributed by atoms with van der Waals surface area (Å²) in [5, 5.41) is 13.0. The number of carbonyl (C=O) groups excluding carboxylic acids is 2. The van der Waals surface area contributed by atoms with E-state index in [4.69, 9.17) is 9.47 Å². The fraction of sp³-hybridized carbons (Fsp3) is 0.517. The van der Waals surface area contributed by atoms with E-state index in [9.17, 15) is 9.59 Å². The normalized spacial score (nSPS) is 14.0. The molecule has 39 heavy (non-hydrogen) atoms. The maximum Gasteiger partial charge on any atom is 0.341 e. The molecule has 210 valence electrons. The topological polar surface area (TPSA) is 95.3 Å². The number of aromatic nitrogens is 3. The number of esters is 1. The number of nitrogens with one attached hydrogen (secondary N) is 1. The Morgan fingerprint density at radius 3 is 2.51 bits per heavy atom. The van der Waals surface area contributed by atoms with Crippen molar-refractivity contribution in [2.75, 3.05) is 17.7 Å². The summed E-state index contributed by atoms with van der Waals surface area (Å²) in [6, 6.07) is 8.12. The van der Waals surface area contributed by atoms with Crippen LogP contribution < -0.4 is 10.1 Å². The maximum atomic E-state index is 13.0. The highest BCUT2D eigenvalue weighted by Crippen LogP contribution is 2.38. The summed E-state index contributed by atoms with van der Waals surface area (Å²) in [5.74, 6) is 1.54. The third-order valence-electron chi connectivity index (χ3n) is 6.77. The van der Waals surface area contributed by atoms with Crippen molar-refractivity contribution in [2.24, 2.45) is 0 Å². The van der Waals surface area contributed by atoms with Crippen molar-refractivity contribution in [3.63, 3.8) is 0 Å². The van der Waals surface area contributed by atoms with Crippen LogP contribution in [0.4, 0.5) is 5.00 Å². The number of nitrogens with zero attached hydrogens (tertiary/aromatic N) is 3. The minimum absolute atomic E-state index is 0.148. The van der Waals surface area contributed by atoms with Crippen molar-refractivity contribution in [3.05, 3.63) is 51.7 Å². The predicted octanol–water partition coefficient (Wildman–Crippen LogP) is 6.80. The molecule has 1 N–H and O–H groups in total. The number of thioether (sulfide) groups is 1. The van der Waals surface area contributed by atoms with Crippen LogP contribution in [-0.4, -0.2) is 39.0 Å². The number of amides is 1. The van der Waals surface area contributed by atoms with E-state index in [0.29, 0.717) is 40.6 Å². The Kier molecular flexibility index (Phi) is 10.1. The zero-order chi connectivity index (χ0) is 27.9. The molecule has 0 saturated carbocycles. The highest BCUT2D eigenvalue weighted by molar-refractivity contribution is 7.99. The molecule has 8 nitrogen and oxygen atoms in total. The van der Waals surface area contributed by atoms with Gasteiger partial charge in [0.15, 0.2) is 17.1 Å². The van der Waals surface area contributed by atoms with Gasteiger partial charge in [-0.3, -0.25) is 4.79 Å². The fourth-order valence-corrected chi connectivity index (χ4v) is 6.84. The summed E-state index contributed by atoms with van der Waals surface area (Å²) < 4.78 is 13.5. The van der Waals surface area contributed by atoms with Crippen molar-refractivity contribution >= 4 is 40.0 Å². The van der Waals surface area contributed by atoms with Gasteiger partial charge in [0, 0.05) is 11.4 Å². The molecule has 1 aliphatic rings. The molecule has 2 heterocycles. The Hall–Kier alpha value is -2.85. The molecular formula is C29H38N4O4S2. The van der Waals surface area contributed by atoms with Gasteiger partial charge < -0.3 is 19.4 Å². The highest BCUT2D eigenvalue weighted by atomic mass is 32.2. The first-order chi connectivity index (χ1) is 18.8. The average molecular weight is 571 g/mol. The third kappa shape index (κ3) is 7.03. The second-order valence-corrected chi connectivity index (χ2v) is 11.9. The van der Waals surface area contributed by atoms with Crippen LogP contribution in [0.5, 0.6) is 5.75 Å². The molecule has 1 atom stereocenters. The molecule has 1 aliphatic carbocycles. The first-order valence-corrected chi connectivity index (χ1v) is 15.6. The zero-order valence-electron chi connectivity index (χ0n) is 23.4. The largest absolute Gasteiger partial charge is 0.483 e. The summed E-state index contributed by atoms with van der Waals surface area (Å²) in [5.41, 5.74) is 2.84. The van der Waals surface area contributed by atoms with E-state index >= 15 is 0 Å². The first kappa shape index (κ1) is 29.1. The van der Waals surface area contributed by atoms with Crippen molar-refractivity contribution in [1.82, 2.24) is 14.8 Å². The molecule has 1 aromatic carbocycles. The number of carbonyl (C=O) groups is 2. The van der Waals surface area contributed by atoms with Crippen LogP contribution in [0.3, 0.4) is 0 Å². The quantitative estimate of drug-likeness (QED) is 0.154. The maximum absolute atomic E-state index is 13.0. The van der Waals surface area contributed by atoms with Gasteiger partial charge in [0.05, 0.1) is 17.9 Å². The second-order valence-electron chi connectivity index (χ2n) is 9.89. The Labute approximate surface area is 238 Å². The van der Waals surface area contributed by atoms with Crippen molar-refractivity contribution in [3.8, 4) is 5.75 Å². The monoisotopic (exact) mass is 570 g/mol. The molecule has 0 aliphatic heterocycles. The van der Waals surface area contributed by atoms with E-state index in [1.165, 1.54) is 33.5 Å². The number of benzene rings is 1. The standard InChI is InChI=1S/C29H38N4O4S2/c1-6-33-26(19(5)37-21-15-13-20(14-16-21)18(3)4)31-32-29(33)38-17-24(34)30-27-25(28(35)36-7-2)22-11-9-8-10-12-23(22)39-27/h13-16,18-19H,6-12,17H2,1-5H3,(H,30,34). The highest BCUT2D eigenvalue weighted by Gasteiger charge is 2.27. The van der Waals surface area contributed by atoms with Crippen LogP contribution in [0.25, 0.3) is 0 Å². The van der Waals surface area contributed by atoms with Gasteiger partial charge in [0.25, 0.3) is 0 Å². The van der Waals surface area contributed by atoms with Crippen molar-refractivity contribution < 1.29 is 19.1 Å². The molecule has 0 spiro atoms. The summed E-state index contributed by atoms with van der Waals surface area (Å²) in [6.45, 7) is 11.0. The van der Waals surface area contributed by atoms with E-state index in [1.54, 1.807) is 6.92 Å². The predicted molar refractivity (Wildman–Crippen MR) is 156 cm³/mol. The van der Waals surface area contributed by atoms with Gasteiger partial charge in [-0.1, -0.05) is 44.2 Å². The van der Waals surface area contributed by atoms with Crippen LogP contribution >= 0.6 is 23.1 Å². The van der Waals surface area contributed by atoms with E-state index in [-0.39, 0.29) is 23.7 Å². The lowest BCUT2D eigenvalue weighted by molar-refractivity contribution is -0.113. The summed E-state index contributed by atoms with van der Waals surface area (Å²) >= 11 is 2.83. The Bertz CT molecular complexity index is 1280. The minimum Gasteiger partial charge on any atom is -0.483 e. The molecule has 0 radical (unpaired) electrons. The van der Waals surface area contributed by atoms with Gasteiger partial charge in [0.2, 0.25) is 5.91 Å². The van der Waals surface area contributed by atoms with Crippen LogP contribution in [0.1, 0.15) is 98.1 Å². The number of rotatable bonds is 11. The zero-order valence-corrected chi connectivity index (χ0v) is 25.0. The second kappa shape index (κ2) is 13.5. The Balaban J connectivity index is 1.42. The molecule has 4 rings (SSSR count). The SMILES string of the molecule is CCOC(=O)c1c(NC(=O)CSc2nnc(C(C)Oc3ccc(C(C)C)cc3)n2CC)sc2c1CCCCC2. The first-order valence-electron chi connectivity index (χ1n) is 13.8. The molecule has 0 saturated heterocycles. The van der Waals surface area contributed by atoms with Crippen molar-refractivity contribution in [2.45, 2.75) is 90.4 Å². The van der Waals surface area contributed by atoms with Crippen LogP contribution in [0.2, 0.25) is 0 Å². The van der Waals surface area contributed by atoms with E-state index in [2.05, 4.69) is 41.5 Å². The van der Waals surface area contributed by atoms with Gasteiger partial charge in [-0.25, -0.2) is 4.79 Å². The van der Waals surface area contributed by atoms with Gasteiger partial charge in [-0.05, 0) is 75.6 Å². The molecule has 3 aromatic rings. The van der Waals surface area contributed by atoms with E-state index < -0.39 is 0 Å². The van der Waals surface area contributed by atoms with E-state index in [1.807, 2.05) is 30.5 Å². The van der Waals surface area contributed by atoms with E-state index in [0.717, 1.165) is 43.4 Å². The molecule has 1 unspecified atom stereocenters. The van der Waals surface area contributed by atoms with Gasteiger partial charge >= 0.3 is 5.97 Å². The van der Waals surface area contributed by atoms with Crippen LogP contribution in [0.15, 0.2) is 29.4 Å².